The van der Waals surface area contributed by atoms with Crippen molar-refractivity contribution in [3.05, 3.63) is 22.4 Å². The van der Waals surface area contributed by atoms with Gasteiger partial charge in [-0.3, -0.25) is 10.1 Å². The Bertz CT molecular complexity index is 351. The minimum absolute atomic E-state index is 0.100. The summed E-state index contributed by atoms with van der Waals surface area (Å²) in [7, 11) is 0. The summed E-state index contributed by atoms with van der Waals surface area (Å²) in [4.78, 5) is 13.7. The average Bonchev–Trinajstić information content (AvgIpc) is 2.07. The van der Waals surface area contributed by atoms with Gasteiger partial charge in [0.25, 0.3) is 5.69 Å². The molecule has 6 nitrogen and oxygen atoms in total. The molecule has 0 aliphatic rings. The molecule has 0 unspecified atom stereocenters. The lowest BCUT2D eigenvalue weighted by Crippen LogP contribution is -2.12. The number of nitrogens with zero attached hydrogens (tertiary/aromatic N) is 2. The van der Waals surface area contributed by atoms with E-state index < -0.39 is 4.92 Å². The number of nitro groups is 1. The second kappa shape index (κ2) is 3.91. The quantitative estimate of drug-likeness (QED) is 0.562. The van der Waals surface area contributed by atoms with Crippen molar-refractivity contribution in [3.8, 4) is 0 Å². The molecule has 0 aliphatic carbocycles. The molecule has 3 N–H and O–H groups in total. The molecule has 0 saturated carbocycles. The second-order valence-electron chi connectivity index (χ2n) is 3.19. The van der Waals surface area contributed by atoms with E-state index in [0.29, 0.717) is 5.82 Å². The van der Waals surface area contributed by atoms with Crippen molar-refractivity contribution in [2.75, 3.05) is 11.1 Å². The molecular weight excluding hydrogens is 184 g/mol. The zero-order valence-electron chi connectivity index (χ0n) is 8.02. The molecule has 0 amide bonds. The van der Waals surface area contributed by atoms with E-state index in [0.717, 1.165) is 0 Å². The predicted molar refractivity (Wildman–Crippen MR) is 54.1 cm³/mol. The van der Waals surface area contributed by atoms with Crippen molar-refractivity contribution in [1.82, 2.24) is 4.98 Å². The lowest BCUT2D eigenvalue weighted by atomic mass is 10.3. The third kappa shape index (κ3) is 2.32. The number of anilines is 2. The summed E-state index contributed by atoms with van der Waals surface area (Å²) in [6.45, 7) is 3.87. The smallest absolute Gasteiger partial charge is 0.289 e. The summed E-state index contributed by atoms with van der Waals surface area (Å²) in [5, 5.41) is 13.4. The topological polar surface area (TPSA) is 94.1 Å². The average molecular weight is 196 g/mol. The van der Waals surface area contributed by atoms with Gasteiger partial charge in [0.2, 0.25) is 0 Å². The van der Waals surface area contributed by atoms with Gasteiger partial charge in [-0.25, -0.2) is 4.98 Å². The standard InChI is InChI=1S/C8H12N4O2/c1-5(2)11-8-7(9)3-6(4-10-8)12(13)14/h3-5H,9H2,1-2H3,(H,10,11). The largest absolute Gasteiger partial charge is 0.396 e. The lowest BCUT2D eigenvalue weighted by molar-refractivity contribution is -0.385. The van der Waals surface area contributed by atoms with E-state index in [4.69, 9.17) is 5.73 Å². The Hall–Kier alpha value is -1.85. The summed E-state index contributed by atoms with van der Waals surface area (Å²) < 4.78 is 0. The van der Waals surface area contributed by atoms with Gasteiger partial charge in [0.1, 0.15) is 12.0 Å². The number of rotatable bonds is 3. The molecule has 1 heterocycles. The lowest BCUT2D eigenvalue weighted by Gasteiger charge is -2.10. The molecule has 14 heavy (non-hydrogen) atoms. The van der Waals surface area contributed by atoms with Gasteiger partial charge in [-0.1, -0.05) is 0 Å². The van der Waals surface area contributed by atoms with E-state index in [1.807, 2.05) is 13.8 Å². The van der Waals surface area contributed by atoms with Crippen LogP contribution in [-0.4, -0.2) is 15.9 Å². The van der Waals surface area contributed by atoms with Crippen LogP contribution in [0.25, 0.3) is 0 Å². The Labute approximate surface area is 81.3 Å². The van der Waals surface area contributed by atoms with Crippen LogP contribution < -0.4 is 11.1 Å². The van der Waals surface area contributed by atoms with Crippen molar-refractivity contribution >= 4 is 17.2 Å². The number of hydrogen-bond acceptors (Lipinski definition) is 5. The summed E-state index contributed by atoms with van der Waals surface area (Å²) in [5.74, 6) is 0.477. The first-order valence-corrected chi connectivity index (χ1v) is 4.17. The molecule has 1 aromatic heterocycles. The Balaban J connectivity index is 2.95. The molecule has 0 aliphatic heterocycles. The minimum atomic E-state index is -0.525. The fourth-order valence-electron chi connectivity index (χ4n) is 0.964. The summed E-state index contributed by atoms with van der Waals surface area (Å²) in [6.07, 6.45) is 1.18. The van der Waals surface area contributed by atoms with E-state index in [2.05, 4.69) is 10.3 Å². The molecule has 6 heteroatoms. The SMILES string of the molecule is CC(C)Nc1ncc([N+](=O)[O-])cc1N. The van der Waals surface area contributed by atoms with Crippen LogP contribution in [0.4, 0.5) is 17.2 Å². The molecule has 0 spiro atoms. The van der Waals surface area contributed by atoms with Gasteiger partial charge in [0.05, 0.1) is 10.6 Å². The number of nitrogens with two attached hydrogens (primary N) is 1. The van der Waals surface area contributed by atoms with Crippen molar-refractivity contribution in [3.63, 3.8) is 0 Å². The number of aromatic nitrogens is 1. The number of nitrogen functional groups attached to an aromatic ring is 1. The van der Waals surface area contributed by atoms with Crippen LogP contribution in [0, 0.1) is 10.1 Å². The number of pyridine rings is 1. The molecular formula is C8H12N4O2. The van der Waals surface area contributed by atoms with Gasteiger partial charge in [-0.2, -0.15) is 0 Å². The van der Waals surface area contributed by atoms with Crippen molar-refractivity contribution < 1.29 is 4.92 Å². The van der Waals surface area contributed by atoms with Crippen molar-refractivity contribution in [2.45, 2.75) is 19.9 Å². The van der Waals surface area contributed by atoms with Gasteiger partial charge in [0, 0.05) is 12.1 Å². The van der Waals surface area contributed by atoms with Crippen LogP contribution in [0.3, 0.4) is 0 Å². The first-order valence-electron chi connectivity index (χ1n) is 4.17. The fraction of sp³-hybridized carbons (Fsp3) is 0.375. The van der Waals surface area contributed by atoms with Crippen LogP contribution >= 0.6 is 0 Å². The third-order valence-electron chi connectivity index (χ3n) is 1.54. The zero-order chi connectivity index (χ0) is 10.7. The molecule has 0 saturated heterocycles. The van der Waals surface area contributed by atoms with E-state index in [1.54, 1.807) is 0 Å². The molecule has 76 valence electrons. The molecule has 0 bridgehead atoms. The van der Waals surface area contributed by atoms with Crippen LogP contribution in [-0.2, 0) is 0 Å². The Kier molecular flexibility index (Phi) is 2.85. The Morgan fingerprint density at radius 3 is 2.71 bits per heavy atom. The third-order valence-corrected chi connectivity index (χ3v) is 1.54. The zero-order valence-corrected chi connectivity index (χ0v) is 8.02. The highest BCUT2D eigenvalue weighted by molar-refractivity contribution is 5.64. The summed E-state index contributed by atoms with van der Waals surface area (Å²) in [5.41, 5.74) is 5.76. The molecule has 0 fully saturated rings. The monoisotopic (exact) mass is 196 g/mol. The second-order valence-corrected chi connectivity index (χ2v) is 3.19. The Morgan fingerprint density at radius 2 is 2.29 bits per heavy atom. The van der Waals surface area contributed by atoms with Crippen LogP contribution in [0.5, 0.6) is 0 Å². The predicted octanol–water partition coefficient (Wildman–Crippen LogP) is 1.39. The number of hydrogen-bond donors (Lipinski definition) is 2. The first-order chi connectivity index (χ1) is 6.50. The number of nitrogens with one attached hydrogen (secondary N) is 1. The maximum atomic E-state index is 10.4. The molecule has 1 rings (SSSR count). The summed E-state index contributed by atoms with van der Waals surface area (Å²) >= 11 is 0. The van der Waals surface area contributed by atoms with Gasteiger partial charge in [-0.15, -0.1) is 0 Å². The van der Waals surface area contributed by atoms with Gasteiger partial charge in [-0.05, 0) is 13.8 Å². The highest BCUT2D eigenvalue weighted by Crippen LogP contribution is 2.21. The minimum Gasteiger partial charge on any atom is -0.396 e. The van der Waals surface area contributed by atoms with Gasteiger partial charge < -0.3 is 11.1 Å². The van der Waals surface area contributed by atoms with E-state index in [1.165, 1.54) is 12.3 Å². The van der Waals surface area contributed by atoms with Gasteiger partial charge >= 0.3 is 0 Å². The highest BCUT2D eigenvalue weighted by Gasteiger charge is 2.10. The van der Waals surface area contributed by atoms with E-state index in [9.17, 15) is 10.1 Å². The first kappa shape index (κ1) is 10.2. The maximum Gasteiger partial charge on any atom is 0.289 e. The van der Waals surface area contributed by atoms with E-state index >= 15 is 0 Å². The maximum absolute atomic E-state index is 10.4. The molecule has 1 aromatic rings. The summed E-state index contributed by atoms with van der Waals surface area (Å²) in [6, 6.07) is 1.48. The van der Waals surface area contributed by atoms with Crippen LogP contribution in [0.2, 0.25) is 0 Å². The Morgan fingerprint density at radius 1 is 1.64 bits per heavy atom. The highest BCUT2D eigenvalue weighted by atomic mass is 16.6. The van der Waals surface area contributed by atoms with Crippen molar-refractivity contribution in [1.29, 1.82) is 0 Å². The molecule has 0 atom stereocenters. The molecule has 0 radical (unpaired) electrons. The normalized spacial score (nSPS) is 10.2. The van der Waals surface area contributed by atoms with E-state index in [-0.39, 0.29) is 17.4 Å². The van der Waals surface area contributed by atoms with Gasteiger partial charge in [0.15, 0.2) is 0 Å². The van der Waals surface area contributed by atoms with Crippen LogP contribution in [0.15, 0.2) is 12.3 Å². The molecule has 0 aromatic carbocycles. The van der Waals surface area contributed by atoms with Crippen molar-refractivity contribution in [2.24, 2.45) is 0 Å². The van der Waals surface area contributed by atoms with Crippen LogP contribution in [0.1, 0.15) is 13.8 Å². The fourth-order valence-corrected chi connectivity index (χ4v) is 0.964.